The second-order valence-corrected chi connectivity index (χ2v) is 4.75. The molecule has 0 aliphatic heterocycles. The number of carbonyl (C=O) groups excluding carboxylic acids is 1. The molecule has 1 amide bonds. The predicted molar refractivity (Wildman–Crippen MR) is 81.1 cm³/mol. The number of carbonyl (C=O) groups is 1. The molecule has 4 nitrogen and oxygen atoms in total. The van der Waals surface area contributed by atoms with Crippen LogP contribution in [0.3, 0.4) is 0 Å². The zero-order valence-corrected chi connectivity index (χ0v) is 12.0. The number of hydrogen-bond donors (Lipinski definition) is 1. The van der Waals surface area contributed by atoms with Crippen LogP contribution in [0.1, 0.15) is 18.1 Å². The van der Waals surface area contributed by atoms with Crippen LogP contribution < -0.4 is 10.1 Å². The van der Waals surface area contributed by atoms with E-state index in [0.717, 1.165) is 5.56 Å². The normalized spacial score (nSPS) is 11.3. The molecule has 0 unspecified atom stereocenters. The van der Waals surface area contributed by atoms with Crippen molar-refractivity contribution < 1.29 is 9.53 Å². The quantitative estimate of drug-likeness (QED) is 0.935. The standard InChI is InChI=1S/C17H16N2O2/c1-12-3-9-16(10-4-12)21-13(2)17(20)19-15-7-5-14(11-18)6-8-15/h3-10,13H,1-2H3,(H,19,20)/t13-/m1/s1. The summed E-state index contributed by atoms with van der Waals surface area (Å²) in [6.07, 6.45) is -0.608. The van der Waals surface area contributed by atoms with Crippen molar-refractivity contribution in [1.82, 2.24) is 0 Å². The molecule has 0 radical (unpaired) electrons. The molecule has 2 aromatic rings. The molecule has 0 aliphatic carbocycles. The van der Waals surface area contributed by atoms with Crippen molar-refractivity contribution in [2.45, 2.75) is 20.0 Å². The lowest BCUT2D eigenvalue weighted by Crippen LogP contribution is -2.30. The number of rotatable bonds is 4. The van der Waals surface area contributed by atoms with Crippen molar-refractivity contribution in [2.75, 3.05) is 5.32 Å². The molecule has 1 atom stereocenters. The third kappa shape index (κ3) is 4.08. The highest BCUT2D eigenvalue weighted by Gasteiger charge is 2.14. The molecule has 4 heteroatoms. The number of nitrogens with zero attached hydrogens (tertiary/aromatic N) is 1. The second kappa shape index (κ2) is 6.58. The van der Waals surface area contributed by atoms with E-state index >= 15 is 0 Å². The maximum Gasteiger partial charge on any atom is 0.265 e. The minimum absolute atomic E-state index is 0.236. The van der Waals surface area contributed by atoms with Crippen LogP contribution in [0.4, 0.5) is 5.69 Å². The number of nitriles is 1. The Bertz CT molecular complexity index is 655. The average Bonchev–Trinajstić information content (AvgIpc) is 2.50. The maximum atomic E-state index is 12.0. The fourth-order valence-corrected chi connectivity index (χ4v) is 1.75. The molecule has 106 valence electrons. The Kier molecular flexibility index (Phi) is 4.57. The number of benzene rings is 2. The van der Waals surface area contributed by atoms with Crippen LogP contribution in [-0.4, -0.2) is 12.0 Å². The van der Waals surface area contributed by atoms with E-state index < -0.39 is 6.10 Å². The highest BCUT2D eigenvalue weighted by atomic mass is 16.5. The van der Waals surface area contributed by atoms with Crippen LogP contribution in [0.25, 0.3) is 0 Å². The molecule has 0 bridgehead atoms. The fourth-order valence-electron chi connectivity index (χ4n) is 1.75. The van der Waals surface area contributed by atoms with Gasteiger partial charge in [0.15, 0.2) is 6.10 Å². The number of aryl methyl sites for hydroxylation is 1. The first-order valence-electron chi connectivity index (χ1n) is 6.63. The van der Waals surface area contributed by atoms with Crippen molar-refractivity contribution in [3.05, 3.63) is 59.7 Å². The Morgan fingerprint density at radius 3 is 2.33 bits per heavy atom. The summed E-state index contributed by atoms with van der Waals surface area (Å²) in [5, 5.41) is 11.5. The molecule has 0 saturated heterocycles. The second-order valence-electron chi connectivity index (χ2n) is 4.75. The van der Waals surface area contributed by atoms with Gasteiger partial charge in [-0.2, -0.15) is 5.26 Å². The predicted octanol–water partition coefficient (Wildman–Crippen LogP) is 3.27. The monoisotopic (exact) mass is 280 g/mol. The average molecular weight is 280 g/mol. The largest absolute Gasteiger partial charge is 0.481 e. The molecule has 0 spiro atoms. The summed E-state index contributed by atoms with van der Waals surface area (Å²) in [4.78, 5) is 12.0. The zero-order chi connectivity index (χ0) is 15.2. The van der Waals surface area contributed by atoms with Gasteiger partial charge in [0, 0.05) is 5.69 Å². The summed E-state index contributed by atoms with van der Waals surface area (Å²) in [7, 11) is 0. The van der Waals surface area contributed by atoms with Gasteiger partial charge < -0.3 is 10.1 Å². The maximum absolute atomic E-state index is 12.0. The molecule has 0 aromatic heterocycles. The molecule has 0 fully saturated rings. The van der Waals surface area contributed by atoms with E-state index in [2.05, 4.69) is 5.32 Å². The topological polar surface area (TPSA) is 62.1 Å². The summed E-state index contributed by atoms with van der Waals surface area (Å²) in [5.74, 6) is 0.420. The summed E-state index contributed by atoms with van der Waals surface area (Å²) in [5.41, 5.74) is 2.33. The first-order valence-corrected chi connectivity index (χ1v) is 6.63. The van der Waals surface area contributed by atoms with E-state index in [9.17, 15) is 4.79 Å². The molecule has 2 rings (SSSR count). The highest BCUT2D eigenvalue weighted by Crippen LogP contribution is 2.15. The minimum Gasteiger partial charge on any atom is -0.481 e. The first kappa shape index (κ1) is 14.6. The minimum atomic E-state index is -0.608. The van der Waals surface area contributed by atoms with Gasteiger partial charge in [-0.15, -0.1) is 0 Å². The zero-order valence-electron chi connectivity index (χ0n) is 12.0. The van der Waals surface area contributed by atoms with Crippen molar-refractivity contribution in [2.24, 2.45) is 0 Å². The number of amides is 1. The van der Waals surface area contributed by atoms with Crippen molar-refractivity contribution in [1.29, 1.82) is 5.26 Å². The SMILES string of the molecule is Cc1ccc(O[C@H](C)C(=O)Nc2ccc(C#N)cc2)cc1. The number of hydrogen-bond acceptors (Lipinski definition) is 3. The smallest absolute Gasteiger partial charge is 0.265 e. The van der Waals surface area contributed by atoms with E-state index in [4.69, 9.17) is 10.00 Å². The molecule has 0 heterocycles. The van der Waals surface area contributed by atoms with Crippen LogP contribution in [-0.2, 0) is 4.79 Å². The van der Waals surface area contributed by atoms with Crippen molar-refractivity contribution >= 4 is 11.6 Å². The van der Waals surface area contributed by atoms with E-state index in [1.807, 2.05) is 37.3 Å². The third-order valence-corrected chi connectivity index (χ3v) is 2.98. The van der Waals surface area contributed by atoms with Crippen LogP contribution in [0, 0.1) is 18.3 Å². The number of ether oxygens (including phenoxy) is 1. The molecule has 2 aromatic carbocycles. The van der Waals surface area contributed by atoms with Gasteiger partial charge >= 0.3 is 0 Å². The van der Waals surface area contributed by atoms with Gasteiger partial charge in [0.2, 0.25) is 0 Å². The third-order valence-electron chi connectivity index (χ3n) is 2.98. The Labute approximate surface area is 124 Å². The Morgan fingerprint density at radius 1 is 1.14 bits per heavy atom. The van der Waals surface area contributed by atoms with E-state index in [0.29, 0.717) is 17.0 Å². The van der Waals surface area contributed by atoms with Gasteiger partial charge in [0.1, 0.15) is 5.75 Å². The molecular formula is C17H16N2O2. The molecule has 0 saturated carbocycles. The lowest BCUT2D eigenvalue weighted by atomic mass is 10.2. The van der Waals surface area contributed by atoms with E-state index in [1.54, 1.807) is 31.2 Å². The Morgan fingerprint density at radius 2 is 1.76 bits per heavy atom. The number of anilines is 1. The molecule has 1 N–H and O–H groups in total. The van der Waals surface area contributed by atoms with Gasteiger partial charge in [-0.05, 0) is 50.2 Å². The Hall–Kier alpha value is -2.80. The van der Waals surface area contributed by atoms with Gasteiger partial charge in [-0.3, -0.25) is 4.79 Å². The van der Waals surface area contributed by atoms with Gasteiger partial charge in [0.25, 0.3) is 5.91 Å². The summed E-state index contributed by atoms with van der Waals surface area (Å²) in [6.45, 7) is 3.68. The van der Waals surface area contributed by atoms with E-state index in [-0.39, 0.29) is 5.91 Å². The van der Waals surface area contributed by atoms with Gasteiger partial charge in [-0.25, -0.2) is 0 Å². The van der Waals surface area contributed by atoms with Gasteiger partial charge in [0.05, 0.1) is 11.6 Å². The molecule has 21 heavy (non-hydrogen) atoms. The van der Waals surface area contributed by atoms with Crippen LogP contribution in [0.15, 0.2) is 48.5 Å². The lowest BCUT2D eigenvalue weighted by molar-refractivity contribution is -0.122. The molecule has 0 aliphatic rings. The lowest BCUT2D eigenvalue weighted by Gasteiger charge is -2.15. The number of nitrogens with one attached hydrogen (secondary N) is 1. The Balaban J connectivity index is 1.95. The fraction of sp³-hybridized carbons (Fsp3) is 0.176. The van der Waals surface area contributed by atoms with Crippen molar-refractivity contribution in [3.8, 4) is 11.8 Å². The molecular weight excluding hydrogens is 264 g/mol. The van der Waals surface area contributed by atoms with Crippen molar-refractivity contribution in [3.63, 3.8) is 0 Å². The van der Waals surface area contributed by atoms with Crippen LogP contribution >= 0.6 is 0 Å². The summed E-state index contributed by atoms with van der Waals surface area (Å²) in [6, 6.07) is 16.2. The van der Waals surface area contributed by atoms with Crippen LogP contribution in [0.5, 0.6) is 5.75 Å². The van der Waals surface area contributed by atoms with Gasteiger partial charge in [-0.1, -0.05) is 17.7 Å². The summed E-state index contributed by atoms with van der Waals surface area (Å²) >= 11 is 0. The van der Waals surface area contributed by atoms with Crippen LogP contribution in [0.2, 0.25) is 0 Å². The highest BCUT2D eigenvalue weighted by molar-refractivity contribution is 5.94. The summed E-state index contributed by atoms with van der Waals surface area (Å²) < 4.78 is 5.58. The first-order chi connectivity index (χ1) is 10.1. The van der Waals surface area contributed by atoms with E-state index in [1.165, 1.54) is 0 Å².